The van der Waals surface area contributed by atoms with Crippen molar-refractivity contribution in [3.05, 3.63) is 17.5 Å². The van der Waals surface area contributed by atoms with Crippen LogP contribution in [0.4, 0.5) is 0 Å². The molecule has 9 nitrogen and oxygen atoms in total. The second kappa shape index (κ2) is 7.26. The molecule has 5 heterocycles. The van der Waals surface area contributed by atoms with Crippen LogP contribution < -0.4 is 5.32 Å². The van der Waals surface area contributed by atoms with Crippen molar-refractivity contribution in [1.29, 1.82) is 0 Å². The van der Waals surface area contributed by atoms with Gasteiger partial charge in [0, 0.05) is 55.3 Å². The number of nitrogens with zero attached hydrogens (tertiary/aromatic N) is 4. The average Bonchev–Trinajstić information content (AvgIpc) is 3.35. The van der Waals surface area contributed by atoms with Crippen LogP contribution in [-0.2, 0) is 10.2 Å². The van der Waals surface area contributed by atoms with Crippen molar-refractivity contribution in [1.82, 2.24) is 24.0 Å². The summed E-state index contributed by atoms with van der Waals surface area (Å²) in [5.41, 5.74) is 0.331. The number of hydrogen-bond donors (Lipinski definition) is 1. The fourth-order valence-electron chi connectivity index (χ4n) is 6.24. The quantitative estimate of drug-likeness (QED) is 0.728. The van der Waals surface area contributed by atoms with Crippen LogP contribution in [0.2, 0.25) is 0 Å². The summed E-state index contributed by atoms with van der Waals surface area (Å²) in [6, 6.07) is 2.33. The van der Waals surface area contributed by atoms with Gasteiger partial charge in [0.1, 0.15) is 5.76 Å². The monoisotopic (exact) mass is 449 g/mol. The van der Waals surface area contributed by atoms with E-state index < -0.39 is 10.2 Å². The summed E-state index contributed by atoms with van der Waals surface area (Å²) < 4.78 is 36.0. The van der Waals surface area contributed by atoms with Gasteiger partial charge in [-0.25, -0.2) is 0 Å². The lowest BCUT2D eigenvalue weighted by Crippen LogP contribution is -2.60. The van der Waals surface area contributed by atoms with Crippen molar-refractivity contribution >= 4 is 16.1 Å². The molecule has 0 radical (unpaired) electrons. The van der Waals surface area contributed by atoms with E-state index in [4.69, 9.17) is 4.52 Å². The number of nitrogens with one attached hydrogen (secondary N) is 1. The van der Waals surface area contributed by atoms with Gasteiger partial charge in [0.05, 0.1) is 0 Å². The Kier molecular flexibility index (Phi) is 4.72. The lowest BCUT2D eigenvalue weighted by atomic mass is 9.99. The van der Waals surface area contributed by atoms with E-state index in [0.717, 1.165) is 44.3 Å². The first-order valence-corrected chi connectivity index (χ1v) is 13.1. The molecule has 1 aliphatic carbocycles. The summed E-state index contributed by atoms with van der Waals surface area (Å²) in [6.45, 7) is 1.20. The van der Waals surface area contributed by atoms with E-state index in [2.05, 4.69) is 22.4 Å². The maximum atomic E-state index is 13.6. The first kappa shape index (κ1) is 20.1. The number of fused-ring (bicyclic) bond motifs is 4. The standard InChI is InChI=1S/C21H31N5O4S/c1-24-17-6-7-18(24)12-25(11-17)31(28,29)26-15-4-5-16(26)9-14(8-15)22-21(27)19-10-20(30-23-19)13-2-3-13/h10,13-18H,2-9,11-12H2,1H3,(H,22,27)/t14-,15+,16-,17?,18?. The normalized spacial score (nSPS) is 36.7. The molecule has 0 spiro atoms. The Balaban J connectivity index is 1.12. The summed E-state index contributed by atoms with van der Waals surface area (Å²) in [5, 5.41) is 7.02. The Morgan fingerprint density at radius 2 is 1.65 bits per heavy atom. The van der Waals surface area contributed by atoms with Gasteiger partial charge in [-0.1, -0.05) is 5.16 Å². The predicted molar refractivity (Wildman–Crippen MR) is 113 cm³/mol. The van der Waals surface area contributed by atoms with Crippen molar-refractivity contribution < 1.29 is 17.7 Å². The number of carbonyl (C=O) groups excluding carboxylic acids is 1. The molecule has 31 heavy (non-hydrogen) atoms. The minimum Gasteiger partial charge on any atom is -0.360 e. The molecule has 4 saturated heterocycles. The van der Waals surface area contributed by atoms with Crippen LogP contribution in [0.25, 0.3) is 0 Å². The molecule has 1 aromatic heterocycles. The number of likely N-dealkylation sites (N-methyl/N-ethyl adjacent to an activating group) is 1. The van der Waals surface area contributed by atoms with Gasteiger partial charge in [-0.15, -0.1) is 0 Å². The number of rotatable bonds is 5. The molecule has 0 aromatic carbocycles. The first-order chi connectivity index (χ1) is 14.9. The third-order valence-corrected chi connectivity index (χ3v) is 10.2. The third kappa shape index (κ3) is 3.42. The van der Waals surface area contributed by atoms with E-state index in [1.54, 1.807) is 14.7 Å². The zero-order valence-electron chi connectivity index (χ0n) is 17.9. The van der Waals surface area contributed by atoms with Crippen LogP contribution in [0.3, 0.4) is 0 Å². The maximum absolute atomic E-state index is 13.6. The van der Waals surface area contributed by atoms with Crippen molar-refractivity contribution in [2.24, 2.45) is 0 Å². The molecular weight excluding hydrogens is 418 g/mol. The highest BCUT2D eigenvalue weighted by atomic mass is 32.2. The van der Waals surface area contributed by atoms with Gasteiger partial charge in [0.2, 0.25) is 0 Å². The van der Waals surface area contributed by atoms with Crippen LogP contribution >= 0.6 is 0 Å². The van der Waals surface area contributed by atoms with Gasteiger partial charge in [0.25, 0.3) is 16.1 Å². The van der Waals surface area contributed by atoms with E-state index >= 15 is 0 Å². The average molecular weight is 450 g/mol. The summed E-state index contributed by atoms with van der Waals surface area (Å²) in [7, 11) is -1.36. The van der Waals surface area contributed by atoms with Gasteiger partial charge in [-0.2, -0.15) is 17.0 Å². The molecule has 6 rings (SSSR count). The highest BCUT2D eigenvalue weighted by Gasteiger charge is 2.51. The van der Waals surface area contributed by atoms with Gasteiger partial charge < -0.3 is 9.84 Å². The molecule has 5 fully saturated rings. The zero-order valence-corrected chi connectivity index (χ0v) is 18.8. The fourth-order valence-corrected chi connectivity index (χ4v) is 8.37. The molecule has 5 atom stereocenters. The summed E-state index contributed by atoms with van der Waals surface area (Å²) in [4.78, 5) is 15.0. The van der Waals surface area contributed by atoms with Gasteiger partial charge in [0.15, 0.2) is 5.69 Å². The largest absolute Gasteiger partial charge is 0.360 e. The Hall–Kier alpha value is -1.49. The fraction of sp³-hybridized carbons (Fsp3) is 0.810. The van der Waals surface area contributed by atoms with Crippen LogP contribution in [0.1, 0.15) is 73.5 Å². The molecule has 4 bridgehead atoms. The highest BCUT2D eigenvalue weighted by Crippen LogP contribution is 2.41. The topological polar surface area (TPSA) is 99.0 Å². The SMILES string of the molecule is CN1C2CCC1CN(S(=O)(=O)N1[C@@H]3CC[C@H]1C[C@@H](NC(=O)c1cc(C4CC4)on1)C3)C2. The predicted octanol–water partition coefficient (Wildman–Crippen LogP) is 1.30. The lowest BCUT2D eigenvalue weighted by molar-refractivity contribution is 0.0892. The van der Waals surface area contributed by atoms with E-state index in [-0.39, 0.29) is 24.0 Å². The maximum Gasteiger partial charge on any atom is 0.282 e. The van der Waals surface area contributed by atoms with Crippen molar-refractivity contribution in [3.8, 4) is 0 Å². The molecule has 10 heteroatoms. The summed E-state index contributed by atoms with van der Waals surface area (Å²) in [6.07, 6.45) is 7.42. The van der Waals surface area contributed by atoms with E-state index in [1.165, 1.54) is 0 Å². The molecule has 2 unspecified atom stereocenters. The van der Waals surface area contributed by atoms with Gasteiger partial charge in [-0.05, 0) is 58.4 Å². The van der Waals surface area contributed by atoms with Crippen LogP contribution in [-0.4, -0.2) is 83.3 Å². The first-order valence-electron chi connectivity index (χ1n) is 11.7. The Bertz CT molecular complexity index is 948. The van der Waals surface area contributed by atoms with E-state index in [1.807, 2.05) is 0 Å². The van der Waals surface area contributed by atoms with E-state index in [9.17, 15) is 13.2 Å². The zero-order chi connectivity index (χ0) is 21.3. The number of aromatic nitrogens is 1. The molecule has 1 N–H and O–H groups in total. The molecule has 1 amide bonds. The number of piperazine rings is 1. The third-order valence-electron chi connectivity index (χ3n) is 8.15. The Morgan fingerprint density at radius 3 is 2.26 bits per heavy atom. The van der Waals surface area contributed by atoms with Crippen LogP contribution in [0.5, 0.6) is 0 Å². The number of hydrogen-bond acceptors (Lipinski definition) is 6. The van der Waals surface area contributed by atoms with Crippen molar-refractivity contribution in [2.75, 3.05) is 20.1 Å². The number of piperidine rings is 1. The molecule has 170 valence electrons. The van der Waals surface area contributed by atoms with E-state index in [0.29, 0.717) is 49.6 Å². The molecule has 4 aliphatic heterocycles. The molecule has 1 aromatic rings. The second-order valence-corrected chi connectivity index (χ2v) is 12.0. The highest BCUT2D eigenvalue weighted by molar-refractivity contribution is 7.86. The Morgan fingerprint density at radius 1 is 1.03 bits per heavy atom. The number of carbonyl (C=O) groups is 1. The number of amides is 1. The molecule has 1 saturated carbocycles. The Labute approximate surface area is 183 Å². The van der Waals surface area contributed by atoms with Crippen molar-refractivity contribution in [2.45, 2.75) is 87.5 Å². The minimum absolute atomic E-state index is 0.0267. The van der Waals surface area contributed by atoms with Gasteiger partial charge in [-0.3, -0.25) is 9.69 Å². The summed E-state index contributed by atoms with van der Waals surface area (Å²) in [5.74, 6) is 1.00. The lowest BCUT2D eigenvalue weighted by Gasteiger charge is -2.44. The minimum atomic E-state index is -3.47. The smallest absolute Gasteiger partial charge is 0.282 e. The molecule has 5 aliphatic rings. The van der Waals surface area contributed by atoms with Crippen molar-refractivity contribution in [3.63, 3.8) is 0 Å². The van der Waals surface area contributed by atoms with Gasteiger partial charge >= 0.3 is 0 Å². The second-order valence-electron chi connectivity index (χ2n) is 10.1. The van der Waals surface area contributed by atoms with Crippen LogP contribution in [0, 0.1) is 0 Å². The van der Waals surface area contributed by atoms with Crippen LogP contribution in [0.15, 0.2) is 10.6 Å². The molecular formula is C21H31N5O4S. The summed E-state index contributed by atoms with van der Waals surface area (Å²) >= 11 is 0.